The predicted molar refractivity (Wildman–Crippen MR) is 103 cm³/mol. The zero-order valence-corrected chi connectivity index (χ0v) is 16.6. The maximum atomic E-state index is 12.8. The molecule has 1 saturated heterocycles. The maximum absolute atomic E-state index is 12.8. The number of nitrogens with one attached hydrogen (secondary N) is 1. The molecule has 0 unspecified atom stereocenters. The van der Waals surface area contributed by atoms with E-state index in [2.05, 4.69) is 10.1 Å². The second-order valence-electron chi connectivity index (χ2n) is 7.01. The van der Waals surface area contributed by atoms with Crippen molar-refractivity contribution in [1.82, 2.24) is 5.32 Å². The molecule has 1 N–H and O–H groups in total. The fraction of sp³-hybridized carbons (Fsp3) is 0.400. The van der Waals surface area contributed by atoms with E-state index < -0.39 is 21.9 Å². The lowest BCUT2D eigenvalue weighted by Crippen LogP contribution is -2.30. The van der Waals surface area contributed by atoms with Gasteiger partial charge in [0.05, 0.1) is 11.5 Å². The molecule has 1 fully saturated rings. The average molecular weight is 429 g/mol. The van der Waals surface area contributed by atoms with Crippen LogP contribution in [0.5, 0.6) is 11.5 Å². The van der Waals surface area contributed by atoms with Gasteiger partial charge in [0.15, 0.2) is 21.3 Å². The van der Waals surface area contributed by atoms with Gasteiger partial charge in [0.25, 0.3) is 0 Å². The van der Waals surface area contributed by atoms with E-state index in [-0.39, 0.29) is 16.6 Å². The molecule has 0 bridgehead atoms. The van der Waals surface area contributed by atoms with Gasteiger partial charge in [0.1, 0.15) is 0 Å². The zero-order valence-electron chi connectivity index (χ0n) is 15.8. The third-order valence-electron chi connectivity index (χ3n) is 4.72. The van der Waals surface area contributed by atoms with Crippen LogP contribution in [0.3, 0.4) is 0 Å². The van der Waals surface area contributed by atoms with Crippen LogP contribution in [0.4, 0.5) is 13.2 Å². The van der Waals surface area contributed by atoms with Gasteiger partial charge in [-0.3, -0.25) is 0 Å². The molecule has 0 atom stereocenters. The lowest BCUT2D eigenvalue weighted by Gasteiger charge is -2.23. The molecular weight excluding hydrogens is 407 g/mol. The van der Waals surface area contributed by atoms with E-state index in [4.69, 9.17) is 4.74 Å². The van der Waals surface area contributed by atoms with Crippen molar-refractivity contribution in [2.24, 2.45) is 5.92 Å². The number of alkyl halides is 3. The molecule has 29 heavy (non-hydrogen) atoms. The van der Waals surface area contributed by atoms with Gasteiger partial charge in [-0.15, -0.1) is 13.2 Å². The van der Waals surface area contributed by atoms with E-state index in [0.29, 0.717) is 17.7 Å². The number of benzene rings is 2. The molecule has 0 spiro atoms. The fourth-order valence-corrected chi connectivity index (χ4v) is 3.79. The highest BCUT2D eigenvalue weighted by Crippen LogP contribution is 2.36. The average Bonchev–Trinajstić information content (AvgIpc) is 2.66. The number of piperidine rings is 1. The normalized spacial score (nSPS) is 15.9. The Bertz CT molecular complexity index is 937. The third-order valence-corrected chi connectivity index (χ3v) is 5.85. The van der Waals surface area contributed by atoms with E-state index in [1.807, 2.05) is 0 Å². The highest BCUT2D eigenvalue weighted by Gasteiger charge is 2.32. The van der Waals surface area contributed by atoms with Crippen molar-refractivity contribution in [3.63, 3.8) is 0 Å². The van der Waals surface area contributed by atoms with Crippen LogP contribution in [0, 0.1) is 5.92 Å². The second-order valence-corrected chi connectivity index (χ2v) is 9.03. The highest BCUT2D eigenvalue weighted by atomic mass is 32.2. The summed E-state index contributed by atoms with van der Waals surface area (Å²) in [6.07, 6.45) is -1.94. The molecule has 2 aromatic carbocycles. The summed E-state index contributed by atoms with van der Waals surface area (Å²) >= 11 is 0. The molecule has 0 amide bonds. The van der Waals surface area contributed by atoms with Crippen molar-refractivity contribution >= 4 is 9.84 Å². The molecule has 5 nitrogen and oxygen atoms in total. The Morgan fingerprint density at radius 3 is 2.21 bits per heavy atom. The van der Waals surface area contributed by atoms with E-state index in [1.165, 1.54) is 30.3 Å². The number of rotatable bonds is 6. The van der Waals surface area contributed by atoms with Crippen molar-refractivity contribution in [1.29, 1.82) is 0 Å². The van der Waals surface area contributed by atoms with Crippen molar-refractivity contribution < 1.29 is 31.1 Å². The minimum atomic E-state index is -4.83. The molecule has 1 aliphatic rings. The minimum Gasteiger partial charge on any atom is -0.489 e. The van der Waals surface area contributed by atoms with Crippen molar-refractivity contribution in [3.05, 3.63) is 42.5 Å². The van der Waals surface area contributed by atoms with Gasteiger partial charge in [-0.25, -0.2) is 8.42 Å². The molecule has 0 aliphatic carbocycles. The zero-order chi connectivity index (χ0) is 21.1. The van der Waals surface area contributed by atoms with Crippen LogP contribution >= 0.6 is 0 Å². The monoisotopic (exact) mass is 429 g/mol. The topological polar surface area (TPSA) is 64.6 Å². The number of ether oxygens (including phenoxy) is 2. The summed E-state index contributed by atoms with van der Waals surface area (Å²) in [6, 6.07) is 10.3. The Kier molecular flexibility index (Phi) is 6.38. The Hall–Kier alpha value is -2.26. The molecule has 9 heteroatoms. The van der Waals surface area contributed by atoms with E-state index in [0.717, 1.165) is 32.2 Å². The summed E-state index contributed by atoms with van der Waals surface area (Å²) in [6.45, 7) is 2.01. The third kappa shape index (κ3) is 6.11. The molecule has 0 saturated carbocycles. The van der Waals surface area contributed by atoms with Gasteiger partial charge in [-0.05, 0) is 67.2 Å². The Morgan fingerprint density at radius 1 is 1.00 bits per heavy atom. The molecule has 0 aromatic heterocycles. The van der Waals surface area contributed by atoms with Crippen LogP contribution in [0.15, 0.2) is 47.4 Å². The first-order chi connectivity index (χ1) is 13.6. The van der Waals surface area contributed by atoms with Gasteiger partial charge in [-0.1, -0.05) is 18.2 Å². The first-order valence-electron chi connectivity index (χ1n) is 9.15. The van der Waals surface area contributed by atoms with Crippen LogP contribution in [0.25, 0.3) is 11.1 Å². The number of hydrogen-bond acceptors (Lipinski definition) is 5. The number of halogens is 3. The van der Waals surface area contributed by atoms with Gasteiger partial charge in [0.2, 0.25) is 0 Å². The molecule has 2 aromatic rings. The van der Waals surface area contributed by atoms with Crippen LogP contribution < -0.4 is 14.8 Å². The smallest absolute Gasteiger partial charge is 0.489 e. The van der Waals surface area contributed by atoms with Crippen LogP contribution in [0.1, 0.15) is 12.8 Å². The Balaban J connectivity index is 1.86. The lowest BCUT2D eigenvalue weighted by atomic mass is 9.99. The summed E-state index contributed by atoms with van der Waals surface area (Å²) in [5, 5.41) is 3.23. The molecule has 1 heterocycles. The molecule has 158 valence electrons. The second kappa shape index (κ2) is 8.62. The molecule has 0 radical (unpaired) electrons. The van der Waals surface area contributed by atoms with E-state index >= 15 is 0 Å². The largest absolute Gasteiger partial charge is 0.573 e. The Labute approximate surface area is 167 Å². The first kappa shape index (κ1) is 21.4. The summed E-state index contributed by atoms with van der Waals surface area (Å²) < 4.78 is 71.3. The lowest BCUT2D eigenvalue weighted by molar-refractivity contribution is -0.275. The minimum absolute atomic E-state index is 0.00514. The highest BCUT2D eigenvalue weighted by molar-refractivity contribution is 7.90. The first-order valence-corrected chi connectivity index (χ1v) is 11.0. The number of sulfone groups is 1. The van der Waals surface area contributed by atoms with Gasteiger partial charge >= 0.3 is 6.36 Å². The molecule has 3 rings (SSSR count). The standard InChI is InChI=1S/C20H22F3NO4S/c1-29(25,26)17-5-2-15(3-6-17)16-4-7-18(28-20(21,22)23)19(12-16)27-13-14-8-10-24-11-9-14/h2-7,12,14,24H,8-11,13H2,1H3. The Morgan fingerprint density at radius 2 is 1.62 bits per heavy atom. The van der Waals surface area contributed by atoms with Crippen molar-refractivity contribution in [3.8, 4) is 22.6 Å². The summed E-state index contributed by atoms with van der Waals surface area (Å²) in [5.41, 5.74) is 1.25. The fourth-order valence-electron chi connectivity index (χ4n) is 3.16. The summed E-state index contributed by atoms with van der Waals surface area (Å²) in [5.74, 6) is -0.138. The van der Waals surface area contributed by atoms with E-state index in [9.17, 15) is 21.6 Å². The van der Waals surface area contributed by atoms with Crippen molar-refractivity contribution in [2.45, 2.75) is 24.1 Å². The van der Waals surface area contributed by atoms with Gasteiger partial charge < -0.3 is 14.8 Å². The molecule has 1 aliphatic heterocycles. The van der Waals surface area contributed by atoms with Crippen LogP contribution in [0.2, 0.25) is 0 Å². The number of hydrogen-bond donors (Lipinski definition) is 1. The predicted octanol–water partition coefficient (Wildman–Crippen LogP) is 4.03. The van der Waals surface area contributed by atoms with Gasteiger partial charge in [0, 0.05) is 6.26 Å². The molecular formula is C20H22F3NO4S. The summed E-state index contributed by atoms with van der Waals surface area (Å²) in [4.78, 5) is 0.167. The quantitative estimate of drug-likeness (QED) is 0.751. The van der Waals surface area contributed by atoms with E-state index in [1.54, 1.807) is 12.1 Å². The summed E-state index contributed by atoms with van der Waals surface area (Å²) in [7, 11) is -3.33. The SMILES string of the molecule is CS(=O)(=O)c1ccc(-c2ccc(OC(F)(F)F)c(OCC3CCNCC3)c2)cc1. The van der Waals surface area contributed by atoms with Crippen LogP contribution in [-0.4, -0.2) is 40.7 Å². The van der Waals surface area contributed by atoms with Gasteiger partial charge in [-0.2, -0.15) is 0 Å². The van der Waals surface area contributed by atoms with Crippen LogP contribution in [-0.2, 0) is 9.84 Å². The maximum Gasteiger partial charge on any atom is 0.573 e. The van der Waals surface area contributed by atoms with Crippen molar-refractivity contribution in [2.75, 3.05) is 26.0 Å².